The van der Waals surface area contributed by atoms with Crippen molar-refractivity contribution in [2.24, 2.45) is 7.05 Å². The summed E-state index contributed by atoms with van der Waals surface area (Å²) in [6.07, 6.45) is 2.80. The quantitative estimate of drug-likeness (QED) is 0.772. The lowest BCUT2D eigenvalue weighted by Crippen LogP contribution is -1.93. The van der Waals surface area contributed by atoms with Crippen LogP contribution in [0.15, 0.2) is 24.3 Å². The van der Waals surface area contributed by atoms with E-state index in [0.717, 1.165) is 25.0 Å². The van der Waals surface area contributed by atoms with E-state index in [2.05, 4.69) is 17.2 Å². The normalized spacial score (nSPS) is 11.1. The van der Waals surface area contributed by atoms with Crippen molar-refractivity contribution in [3.63, 3.8) is 0 Å². The van der Waals surface area contributed by atoms with Crippen molar-refractivity contribution in [2.75, 3.05) is 6.61 Å². The Bertz CT molecular complexity index is 448. The highest BCUT2D eigenvalue weighted by molar-refractivity contribution is 5.81. The lowest BCUT2D eigenvalue weighted by atomic mass is 10.1. The van der Waals surface area contributed by atoms with E-state index in [1.165, 1.54) is 10.9 Å². The molecule has 0 radical (unpaired) electrons. The molecule has 3 heteroatoms. The molecule has 0 spiro atoms. The van der Waals surface area contributed by atoms with E-state index >= 15 is 0 Å². The monoisotopic (exact) mass is 204 g/mol. The number of hydrogen-bond acceptors (Lipinski definition) is 2. The lowest BCUT2D eigenvalue weighted by molar-refractivity contribution is 0.284. The van der Waals surface area contributed by atoms with E-state index < -0.39 is 0 Å². The molecule has 0 bridgehead atoms. The third-order valence-electron chi connectivity index (χ3n) is 2.66. The van der Waals surface area contributed by atoms with Crippen molar-refractivity contribution in [1.82, 2.24) is 9.78 Å². The van der Waals surface area contributed by atoms with E-state index in [9.17, 15) is 0 Å². The number of aliphatic hydroxyl groups is 1. The number of para-hydroxylation sites is 1. The standard InChI is InChI=1S/C12H16N2O/c1-14-12-8-3-2-6-10(12)11(13-14)7-4-5-9-15/h2-3,6,8,15H,4-5,7,9H2,1H3. The Morgan fingerprint density at radius 1 is 1.27 bits per heavy atom. The maximum Gasteiger partial charge on any atom is 0.0703 e. The second-order valence-electron chi connectivity index (χ2n) is 3.77. The zero-order valence-electron chi connectivity index (χ0n) is 8.98. The van der Waals surface area contributed by atoms with Gasteiger partial charge >= 0.3 is 0 Å². The summed E-state index contributed by atoms with van der Waals surface area (Å²) in [5, 5.41) is 14.5. The largest absolute Gasteiger partial charge is 0.396 e. The SMILES string of the molecule is Cn1nc(CCCCO)c2ccccc21. The Morgan fingerprint density at radius 2 is 2.07 bits per heavy atom. The fourth-order valence-electron chi connectivity index (χ4n) is 1.88. The summed E-state index contributed by atoms with van der Waals surface area (Å²) < 4.78 is 1.92. The van der Waals surface area contributed by atoms with Crippen LogP contribution in [-0.4, -0.2) is 21.5 Å². The Morgan fingerprint density at radius 3 is 2.87 bits per heavy atom. The van der Waals surface area contributed by atoms with Crippen molar-refractivity contribution in [2.45, 2.75) is 19.3 Å². The van der Waals surface area contributed by atoms with Crippen LogP contribution >= 0.6 is 0 Å². The van der Waals surface area contributed by atoms with E-state index in [0.29, 0.717) is 0 Å². The molecule has 0 saturated carbocycles. The van der Waals surface area contributed by atoms with Crippen LogP contribution in [0.5, 0.6) is 0 Å². The molecule has 0 fully saturated rings. The van der Waals surface area contributed by atoms with Crippen LogP contribution in [0, 0.1) is 0 Å². The van der Waals surface area contributed by atoms with Crippen molar-refractivity contribution in [3.05, 3.63) is 30.0 Å². The first kappa shape index (κ1) is 10.2. The van der Waals surface area contributed by atoms with Gasteiger partial charge in [-0.2, -0.15) is 5.10 Å². The molecule has 1 aromatic heterocycles. The molecule has 3 nitrogen and oxygen atoms in total. The maximum atomic E-state index is 8.74. The van der Waals surface area contributed by atoms with Crippen molar-refractivity contribution in [1.29, 1.82) is 0 Å². The van der Waals surface area contributed by atoms with Gasteiger partial charge < -0.3 is 5.11 Å². The van der Waals surface area contributed by atoms with Gasteiger partial charge in [-0.15, -0.1) is 0 Å². The third-order valence-corrected chi connectivity index (χ3v) is 2.66. The predicted octanol–water partition coefficient (Wildman–Crippen LogP) is 1.89. The molecule has 0 amide bonds. The number of rotatable bonds is 4. The maximum absolute atomic E-state index is 8.74. The Labute approximate surface area is 89.3 Å². The predicted molar refractivity (Wildman–Crippen MR) is 60.7 cm³/mol. The van der Waals surface area contributed by atoms with Gasteiger partial charge in [-0.05, 0) is 25.3 Å². The summed E-state index contributed by atoms with van der Waals surface area (Å²) in [5.74, 6) is 0. The van der Waals surface area contributed by atoms with E-state index in [-0.39, 0.29) is 6.61 Å². The molecule has 2 aromatic rings. The summed E-state index contributed by atoms with van der Waals surface area (Å²) in [5.41, 5.74) is 2.32. The second kappa shape index (κ2) is 4.45. The lowest BCUT2D eigenvalue weighted by Gasteiger charge is -1.95. The number of aryl methyl sites for hydroxylation is 2. The summed E-state index contributed by atoms with van der Waals surface area (Å²) in [4.78, 5) is 0. The van der Waals surface area contributed by atoms with Gasteiger partial charge in [-0.1, -0.05) is 18.2 Å². The molecule has 80 valence electrons. The van der Waals surface area contributed by atoms with E-state index in [1.807, 2.05) is 23.9 Å². The minimum Gasteiger partial charge on any atom is -0.396 e. The van der Waals surface area contributed by atoms with Crippen LogP contribution in [0.2, 0.25) is 0 Å². The molecule has 0 atom stereocenters. The van der Waals surface area contributed by atoms with E-state index in [1.54, 1.807) is 0 Å². The Hall–Kier alpha value is -1.35. The van der Waals surface area contributed by atoms with Crippen molar-refractivity contribution in [3.8, 4) is 0 Å². The zero-order chi connectivity index (χ0) is 10.7. The average Bonchev–Trinajstić information content (AvgIpc) is 2.58. The molecule has 1 N–H and O–H groups in total. The highest BCUT2D eigenvalue weighted by Gasteiger charge is 2.06. The van der Waals surface area contributed by atoms with Crippen molar-refractivity contribution >= 4 is 10.9 Å². The third kappa shape index (κ3) is 2.02. The van der Waals surface area contributed by atoms with E-state index in [4.69, 9.17) is 5.11 Å². The number of fused-ring (bicyclic) bond motifs is 1. The average molecular weight is 204 g/mol. The highest BCUT2D eigenvalue weighted by Crippen LogP contribution is 2.18. The van der Waals surface area contributed by atoms with Gasteiger partial charge in [0, 0.05) is 19.0 Å². The minimum atomic E-state index is 0.269. The molecular formula is C12H16N2O. The van der Waals surface area contributed by atoms with Crippen LogP contribution in [0.3, 0.4) is 0 Å². The van der Waals surface area contributed by atoms with Crippen LogP contribution in [0.1, 0.15) is 18.5 Å². The Balaban J connectivity index is 2.27. The fourth-order valence-corrected chi connectivity index (χ4v) is 1.88. The van der Waals surface area contributed by atoms with Crippen LogP contribution in [0.25, 0.3) is 10.9 Å². The number of aliphatic hydroxyl groups excluding tert-OH is 1. The topological polar surface area (TPSA) is 38.0 Å². The van der Waals surface area contributed by atoms with Gasteiger partial charge in [0.05, 0.1) is 11.2 Å². The summed E-state index contributed by atoms with van der Waals surface area (Å²) >= 11 is 0. The number of hydrogen-bond donors (Lipinski definition) is 1. The molecule has 0 aliphatic carbocycles. The zero-order valence-corrected chi connectivity index (χ0v) is 8.98. The van der Waals surface area contributed by atoms with Gasteiger partial charge in [-0.25, -0.2) is 0 Å². The molecule has 0 aliphatic rings. The highest BCUT2D eigenvalue weighted by atomic mass is 16.2. The molecule has 0 saturated heterocycles. The van der Waals surface area contributed by atoms with Crippen LogP contribution in [-0.2, 0) is 13.5 Å². The van der Waals surface area contributed by atoms with Gasteiger partial charge in [-0.3, -0.25) is 4.68 Å². The number of unbranched alkanes of at least 4 members (excludes halogenated alkanes) is 1. The van der Waals surface area contributed by atoms with Crippen molar-refractivity contribution < 1.29 is 5.11 Å². The Kier molecular flexibility index (Phi) is 3.02. The molecule has 15 heavy (non-hydrogen) atoms. The smallest absolute Gasteiger partial charge is 0.0703 e. The van der Waals surface area contributed by atoms with Crippen LogP contribution < -0.4 is 0 Å². The molecule has 1 heterocycles. The first-order valence-corrected chi connectivity index (χ1v) is 5.34. The summed E-state index contributed by atoms with van der Waals surface area (Å²) in [6.45, 7) is 0.269. The first-order chi connectivity index (χ1) is 7.33. The second-order valence-corrected chi connectivity index (χ2v) is 3.77. The minimum absolute atomic E-state index is 0.269. The molecule has 0 aliphatic heterocycles. The summed E-state index contributed by atoms with van der Waals surface area (Å²) in [6, 6.07) is 8.26. The number of benzene rings is 1. The molecule has 1 aromatic carbocycles. The first-order valence-electron chi connectivity index (χ1n) is 5.34. The molecule has 2 rings (SSSR count). The van der Waals surface area contributed by atoms with Gasteiger partial charge in [0.25, 0.3) is 0 Å². The fraction of sp³-hybridized carbons (Fsp3) is 0.417. The number of nitrogens with zero attached hydrogens (tertiary/aromatic N) is 2. The van der Waals surface area contributed by atoms with Gasteiger partial charge in [0.2, 0.25) is 0 Å². The van der Waals surface area contributed by atoms with Gasteiger partial charge in [0.15, 0.2) is 0 Å². The summed E-state index contributed by atoms with van der Waals surface area (Å²) in [7, 11) is 1.97. The molecule has 0 unspecified atom stereocenters. The molecular weight excluding hydrogens is 188 g/mol. The van der Waals surface area contributed by atoms with Crippen LogP contribution in [0.4, 0.5) is 0 Å². The number of aromatic nitrogens is 2. The van der Waals surface area contributed by atoms with Gasteiger partial charge in [0.1, 0.15) is 0 Å².